The number of fused-ring (bicyclic) bond motifs is 1. The molecule has 9 nitrogen and oxygen atoms in total. The number of hydrogen-bond donors (Lipinski definition) is 2. The number of aromatic amines is 1. The summed E-state index contributed by atoms with van der Waals surface area (Å²) in [7, 11) is 0.812. The third-order valence-corrected chi connectivity index (χ3v) is 8.12. The van der Waals surface area contributed by atoms with E-state index in [-0.39, 0.29) is 18.0 Å². The molecular weight excluding hydrogens is 483 g/mol. The number of carbonyl (C=O) groups excluding carboxylic acids is 2. The SMILES string of the molecule is COC(=O)N[C@@H](C(=O)N1[C@@H](C)CC[C@H]1c1nc2ccc(B3OC(C)(C)C(C)(C)O3)cc2[nH]1)c1ccccc1. The van der Waals surface area contributed by atoms with Gasteiger partial charge in [0.15, 0.2) is 0 Å². The molecule has 200 valence electrons. The molecule has 2 saturated heterocycles. The molecule has 3 atom stereocenters. The Morgan fingerprint density at radius 1 is 1.11 bits per heavy atom. The zero-order valence-electron chi connectivity index (χ0n) is 22.8. The molecule has 1 aromatic heterocycles. The first-order valence-corrected chi connectivity index (χ1v) is 13.1. The van der Waals surface area contributed by atoms with Crippen molar-refractivity contribution in [3.63, 3.8) is 0 Å². The quantitative estimate of drug-likeness (QED) is 0.495. The Labute approximate surface area is 223 Å². The molecule has 2 amide bonds. The largest absolute Gasteiger partial charge is 0.494 e. The summed E-state index contributed by atoms with van der Waals surface area (Å²) < 4.78 is 17.3. The third kappa shape index (κ3) is 4.67. The second-order valence-electron chi connectivity index (χ2n) is 11.2. The molecule has 5 rings (SSSR count). The number of rotatable bonds is 5. The monoisotopic (exact) mass is 518 g/mol. The van der Waals surface area contributed by atoms with E-state index in [1.54, 1.807) is 0 Å². The maximum absolute atomic E-state index is 13.9. The number of H-pyrrole nitrogens is 1. The van der Waals surface area contributed by atoms with Crippen molar-refractivity contribution in [2.24, 2.45) is 0 Å². The van der Waals surface area contributed by atoms with Crippen LogP contribution in [0.15, 0.2) is 48.5 Å². The number of likely N-dealkylation sites (tertiary alicyclic amines) is 1. The van der Waals surface area contributed by atoms with Crippen molar-refractivity contribution in [2.45, 2.75) is 76.8 Å². The molecule has 0 saturated carbocycles. The molecule has 3 heterocycles. The summed E-state index contributed by atoms with van der Waals surface area (Å²) in [6, 6.07) is 14.0. The number of benzene rings is 2. The van der Waals surface area contributed by atoms with Crippen molar-refractivity contribution < 1.29 is 23.6 Å². The van der Waals surface area contributed by atoms with Crippen LogP contribution in [0.3, 0.4) is 0 Å². The van der Waals surface area contributed by atoms with Crippen molar-refractivity contribution in [2.75, 3.05) is 7.11 Å². The van der Waals surface area contributed by atoms with Gasteiger partial charge in [-0.05, 0) is 70.6 Å². The fourth-order valence-electron chi connectivity index (χ4n) is 5.21. The maximum atomic E-state index is 13.9. The Morgan fingerprint density at radius 2 is 1.79 bits per heavy atom. The van der Waals surface area contributed by atoms with E-state index in [1.165, 1.54) is 7.11 Å². The molecule has 0 spiro atoms. The molecule has 0 aliphatic carbocycles. The number of amides is 2. The summed E-state index contributed by atoms with van der Waals surface area (Å²) in [6.07, 6.45) is 0.928. The van der Waals surface area contributed by atoms with Gasteiger partial charge in [-0.1, -0.05) is 36.4 Å². The fraction of sp³-hybridized carbons (Fsp3) is 0.464. The van der Waals surface area contributed by atoms with Gasteiger partial charge < -0.3 is 29.2 Å². The van der Waals surface area contributed by atoms with Crippen LogP contribution in [0.25, 0.3) is 11.0 Å². The van der Waals surface area contributed by atoms with Crippen LogP contribution in [0.4, 0.5) is 4.79 Å². The fourth-order valence-corrected chi connectivity index (χ4v) is 5.21. The van der Waals surface area contributed by atoms with Gasteiger partial charge in [-0.25, -0.2) is 9.78 Å². The highest BCUT2D eigenvalue weighted by Crippen LogP contribution is 2.38. The number of nitrogens with one attached hydrogen (secondary N) is 2. The van der Waals surface area contributed by atoms with Gasteiger partial charge in [0.2, 0.25) is 0 Å². The van der Waals surface area contributed by atoms with Gasteiger partial charge in [-0.2, -0.15) is 0 Å². The highest BCUT2D eigenvalue weighted by molar-refractivity contribution is 6.62. The number of hydrogen-bond acceptors (Lipinski definition) is 6. The summed E-state index contributed by atoms with van der Waals surface area (Å²) in [6.45, 7) is 10.2. The molecule has 38 heavy (non-hydrogen) atoms. The average molecular weight is 518 g/mol. The number of alkyl carbamates (subject to hydrolysis) is 1. The summed E-state index contributed by atoms with van der Waals surface area (Å²) >= 11 is 0. The summed E-state index contributed by atoms with van der Waals surface area (Å²) in [5.74, 6) is 0.517. The van der Waals surface area contributed by atoms with E-state index >= 15 is 0 Å². The number of carbonyl (C=O) groups is 2. The highest BCUT2D eigenvalue weighted by Gasteiger charge is 2.51. The molecule has 2 aromatic carbocycles. The molecule has 2 aliphatic heterocycles. The Morgan fingerprint density at radius 3 is 2.45 bits per heavy atom. The van der Waals surface area contributed by atoms with Crippen LogP contribution in [0.5, 0.6) is 0 Å². The van der Waals surface area contributed by atoms with E-state index in [0.717, 1.165) is 29.3 Å². The molecule has 2 fully saturated rings. The molecule has 2 N–H and O–H groups in total. The van der Waals surface area contributed by atoms with E-state index < -0.39 is 30.5 Å². The van der Waals surface area contributed by atoms with E-state index in [4.69, 9.17) is 19.0 Å². The van der Waals surface area contributed by atoms with E-state index in [0.29, 0.717) is 11.4 Å². The van der Waals surface area contributed by atoms with Gasteiger partial charge in [0.05, 0.1) is 35.4 Å². The maximum Gasteiger partial charge on any atom is 0.494 e. The first kappa shape index (κ1) is 26.3. The van der Waals surface area contributed by atoms with E-state index in [1.807, 2.05) is 88.0 Å². The molecule has 2 aliphatic rings. The van der Waals surface area contributed by atoms with Crippen LogP contribution in [0.2, 0.25) is 0 Å². The van der Waals surface area contributed by atoms with Gasteiger partial charge in [-0.3, -0.25) is 4.79 Å². The van der Waals surface area contributed by atoms with Crippen molar-refractivity contribution in [1.29, 1.82) is 0 Å². The normalized spacial score (nSPS) is 23.0. The van der Waals surface area contributed by atoms with Crippen LogP contribution in [-0.4, -0.2) is 58.3 Å². The number of nitrogens with zero attached hydrogens (tertiary/aromatic N) is 2. The lowest BCUT2D eigenvalue weighted by Gasteiger charge is -2.32. The van der Waals surface area contributed by atoms with Gasteiger partial charge in [0, 0.05) is 6.04 Å². The topological polar surface area (TPSA) is 106 Å². The van der Waals surface area contributed by atoms with Gasteiger partial charge in [0.1, 0.15) is 11.9 Å². The lowest BCUT2D eigenvalue weighted by molar-refractivity contribution is -0.136. The number of imidazole rings is 1. The standard InChI is InChI=1S/C28H35BN4O5/c1-17-12-15-22(33(17)25(34)23(32-26(35)36-6)18-10-8-7-9-11-18)24-30-20-14-13-19(16-21(20)31-24)29-37-27(2,3)28(4,5)38-29/h7-11,13-14,16-17,22-23H,12,15H2,1-6H3,(H,30,31)(H,32,35)/t17-,22-,23+/m0/s1. The summed E-state index contributed by atoms with van der Waals surface area (Å²) in [5.41, 5.74) is 2.40. The first-order valence-electron chi connectivity index (χ1n) is 13.1. The van der Waals surface area contributed by atoms with E-state index in [9.17, 15) is 9.59 Å². The number of aromatic nitrogens is 2. The number of ether oxygens (including phenoxy) is 1. The third-order valence-electron chi connectivity index (χ3n) is 8.12. The van der Waals surface area contributed by atoms with Gasteiger partial charge in [-0.15, -0.1) is 0 Å². The Hall–Kier alpha value is -3.37. The second kappa shape index (κ2) is 9.74. The molecular formula is C28H35BN4O5. The van der Waals surface area contributed by atoms with Crippen molar-refractivity contribution in [3.05, 3.63) is 59.9 Å². The zero-order valence-corrected chi connectivity index (χ0v) is 22.8. The summed E-state index contributed by atoms with van der Waals surface area (Å²) in [4.78, 5) is 36.2. The van der Waals surface area contributed by atoms with Crippen LogP contribution >= 0.6 is 0 Å². The predicted octanol–water partition coefficient (Wildman–Crippen LogP) is 4.01. The Kier molecular flexibility index (Phi) is 6.73. The minimum absolute atomic E-state index is 0.0216. The zero-order chi connectivity index (χ0) is 27.2. The lowest BCUT2D eigenvalue weighted by atomic mass is 9.79. The van der Waals surface area contributed by atoms with Crippen LogP contribution in [-0.2, 0) is 18.8 Å². The smallest absolute Gasteiger partial charge is 0.453 e. The minimum Gasteiger partial charge on any atom is -0.453 e. The predicted molar refractivity (Wildman–Crippen MR) is 145 cm³/mol. The average Bonchev–Trinajstić information content (AvgIpc) is 3.54. The van der Waals surface area contributed by atoms with Crippen molar-refractivity contribution in [1.82, 2.24) is 20.2 Å². The highest BCUT2D eigenvalue weighted by atomic mass is 16.7. The van der Waals surface area contributed by atoms with E-state index in [2.05, 4.69) is 10.3 Å². The lowest BCUT2D eigenvalue weighted by Crippen LogP contribution is -2.45. The molecule has 3 aromatic rings. The number of methoxy groups -OCH3 is 1. The molecule has 0 bridgehead atoms. The van der Waals surface area contributed by atoms with Crippen LogP contribution in [0.1, 0.15) is 70.9 Å². The molecule has 0 unspecified atom stereocenters. The second-order valence-corrected chi connectivity index (χ2v) is 11.2. The Balaban J connectivity index is 1.44. The van der Waals surface area contributed by atoms with Gasteiger partial charge in [0.25, 0.3) is 5.91 Å². The first-order chi connectivity index (χ1) is 18.0. The molecule has 0 radical (unpaired) electrons. The minimum atomic E-state index is -0.869. The van der Waals surface area contributed by atoms with Crippen molar-refractivity contribution >= 4 is 35.6 Å². The van der Waals surface area contributed by atoms with Gasteiger partial charge >= 0.3 is 13.2 Å². The van der Waals surface area contributed by atoms with Crippen LogP contribution in [0, 0.1) is 0 Å². The van der Waals surface area contributed by atoms with Crippen LogP contribution < -0.4 is 10.8 Å². The summed E-state index contributed by atoms with van der Waals surface area (Å²) in [5, 5.41) is 2.72. The molecule has 10 heteroatoms. The van der Waals surface area contributed by atoms with Crippen molar-refractivity contribution in [3.8, 4) is 0 Å². The Bertz CT molecular complexity index is 1330.